The summed E-state index contributed by atoms with van der Waals surface area (Å²) in [7, 11) is 0. The van der Waals surface area contributed by atoms with Crippen LogP contribution in [0.15, 0.2) is 12.4 Å². The number of hydrogen-bond acceptors (Lipinski definition) is 5. The lowest BCUT2D eigenvalue weighted by Gasteiger charge is -2.34. The average molecular weight is 345 g/mol. The Balaban J connectivity index is 1.45. The number of piperazine rings is 1. The number of aromatic nitrogens is 4. The molecule has 1 aliphatic rings. The van der Waals surface area contributed by atoms with Crippen molar-refractivity contribution in [1.82, 2.24) is 29.5 Å². The highest BCUT2D eigenvalue weighted by Gasteiger charge is 2.21. The van der Waals surface area contributed by atoms with E-state index in [1.54, 1.807) is 0 Å². The summed E-state index contributed by atoms with van der Waals surface area (Å²) in [4.78, 5) is 21.3. The number of amides is 1. The van der Waals surface area contributed by atoms with E-state index in [-0.39, 0.29) is 5.91 Å². The lowest BCUT2D eigenvalue weighted by atomic mass is 10.3. The Morgan fingerprint density at radius 3 is 2.60 bits per heavy atom. The van der Waals surface area contributed by atoms with Gasteiger partial charge >= 0.3 is 0 Å². The molecule has 2 N–H and O–H groups in total. The number of aromatic amines is 1. The molecule has 1 aliphatic heterocycles. The number of imidazole rings is 1. The third-order valence-corrected chi connectivity index (χ3v) is 4.73. The zero-order chi connectivity index (χ0) is 17.8. The maximum absolute atomic E-state index is 12.3. The van der Waals surface area contributed by atoms with E-state index >= 15 is 0 Å². The number of nitrogens with one attached hydrogen (secondary N) is 2. The zero-order valence-corrected chi connectivity index (χ0v) is 15.2. The minimum atomic E-state index is 0.0163. The first-order valence-electron chi connectivity index (χ1n) is 8.83. The number of rotatable bonds is 6. The second-order valence-corrected chi connectivity index (χ2v) is 6.54. The Bertz CT molecular complexity index is 693. The fourth-order valence-electron chi connectivity index (χ4n) is 3.20. The van der Waals surface area contributed by atoms with Crippen LogP contribution in [0.25, 0.3) is 0 Å². The summed E-state index contributed by atoms with van der Waals surface area (Å²) in [6, 6.07) is 0. The number of hydrogen-bond donors (Lipinski definition) is 2. The zero-order valence-electron chi connectivity index (χ0n) is 15.2. The average Bonchev–Trinajstić information content (AvgIpc) is 3.18. The normalized spacial score (nSPS) is 16.3. The molecule has 0 radical (unpaired) electrons. The van der Waals surface area contributed by atoms with Crippen LogP contribution in [0.1, 0.15) is 24.1 Å². The molecule has 3 rings (SSSR count). The molecule has 0 saturated carbocycles. The number of anilines is 1. The molecule has 0 aromatic carbocycles. The van der Waals surface area contributed by atoms with Gasteiger partial charge in [-0.2, -0.15) is 5.10 Å². The van der Waals surface area contributed by atoms with Crippen molar-refractivity contribution >= 4 is 11.6 Å². The first kappa shape index (κ1) is 17.6. The largest absolute Gasteiger partial charge is 0.334 e. The smallest absolute Gasteiger partial charge is 0.238 e. The third-order valence-electron chi connectivity index (χ3n) is 4.73. The predicted octanol–water partition coefficient (Wildman–Crippen LogP) is 0.999. The molecule has 8 nitrogen and oxygen atoms in total. The molecule has 0 unspecified atom stereocenters. The van der Waals surface area contributed by atoms with Gasteiger partial charge in [-0.1, -0.05) is 0 Å². The first-order chi connectivity index (χ1) is 12.1. The summed E-state index contributed by atoms with van der Waals surface area (Å²) in [5.41, 5.74) is 2.51. The monoisotopic (exact) mass is 345 g/mol. The van der Waals surface area contributed by atoms with E-state index in [1.807, 2.05) is 26.2 Å². The third kappa shape index (κ3) is 4.26. The molecule has 8 heteroatoms. The standard InChI is InChI=1S/C17H27N7O/c1-4-24-6-5-18-15(24)11-22-7-9-23(10-8-22)12-16(25)19-17-13(2)20-21-14(17)3/h5-6H,4,7-12H2,1-3H3,(H,19,25)(H,20,21). The predicted molar refractivity (Wildman–Crippen MR) is 96.3 cm³/mol. The SMILES string of the molecule is CCn1ccnc1CN1CCN(CC(=O)Nc2c(C)n[nH]c2C)CC1. The van der Waals surface area contributed by atoms with E-state index in [0.717, 1.165) is 62.2 Å². The maximum Gasteiger partial charge on any atom is 0.238 e. The van der Waals surface area contributed by atoms with Gasteiger partial charge in [-0.05, 0) is 20.8 Å². The molecule has 2 aromatic rings. The second kappa shape index (κ2) is 7.79. The Hall–Kier alpha value is -2.19. The van der Waals surface area contributed by atoms with Crippen LogP contribution in [-0.2, 0) is 17.9 Å². The Morgan fingerprint density at radius 2 is 1.96 bits per heavy atom. The summed E-state index contributed by atoms with van der Waals surface area (Å²) in [5.74, 6) is 1.13. The van der Waals surface area contributed by atoms with E-state index in [0.29, 0.717) is 6.54 Å². The van der Waals surface area contributed by atoms with Crippen LogP contribution < -0.4 is 5.32 Å². The first-order valence-corrected chi connectivity index (χ1v) is 8.83. The van der Waals surface area contributed by atoms with Crippen molar-refractivity contribution in [3.05, 3.63) is 29.6 Å². The van der Waals surface area contributed by atoms with Gasteiger partial charge in [0.1, 0.15) is 5.82 Å². The summed E-state index contributed by atoms with van der Waals surface area (Å²) < 4.78 is 2.18. The molecular formula is C17H27N7O. The van der Waals surface area contributed by atoms with Crippen LogP contribution in [0.4, 0.5) is 5.69 Å². The summed E-state index contributed by atoms with van der Waals surface area (Å²) in [6.45, 7) is 11.9. The highest BCUT2D eigenvalue weighted by molar-refractivity contribution is 5.93. The van der Waals surface area contributed by atoms with Crippen molar-refractivity contribution in [3.8, 4) is 0 Å². The van der Waals surface area contributed by atoms with Crippen molar-refractivity contribution in [2.75, 3.05) is 38.0 Å². The number of nitrogens with zero attached hydrogens (tertiary/aromatic N) is 5. The van der Waals surface area contributed by atoms with Gasteiger partial charge in [0, 0.05) is 45.1 Å². The topological polar surface area (TPSA) is 82.1 Å². The van der Waals surface area contributed by atoms with Crippen LogP contribution in [-0.4, -0.2) is 68.2 Å². The van der Waals surface area contributed by atoms with Crippen molar-refractivity contribution in [1.29, 1.82) is 0 Å². The van der Waals surface area contributed by atoms with Crippen molar-refractivity contribution in [3.63, 3.8) is 0 Å². The van der Waals surface area contributed by atoms with Gasteiger partial charge in [0.15, 0.2) is 0 Å². The molecule has 0 spiro atoms. The van der Waals surface area contributed by atoms with Crippen LogP contribution in [0.3, 0.4) is 0 Å². The molecule has 0 bridgehead atoms. The molecule has 0 aliphatic carbocycles. The van der Waals surface area contributed by atoms with E-state index in [4.69, 9.17) is 0 Å². The lowest BCUT2D eigenvalue weighted by Crippen LogP contribution is -2.48. The van der Waals surface area contributed by atoms with Gasteiger partial charge in [0.2, 0.25) is 5.91 Å². The summed E-state index contributed by atoms with van der Waals surface area (Å²) >= 11 is 0. The second-order valence-electron chi connectivity index (χ2n) is 6.54. The molecule has 3 heterocycles. The van der Waals surface area contributed by atoms with Gasteiger partial charge in [0.25, 0.3) is 0 Å². The maximum atomic E-state index is 12.3. The van der Waals surface area contributed by atoms with Gasteiger partial charge < -0.3 is 9.88 Å². The summed E-state index contributed by atoms with van der Waals surface area (Å²) in [6.07, 6.45) is 3.88. The van der Waals surface area contributed by atoms with Gasteiger partial charge in [0.05, 0.1) is 30.2 Å². The van der Waals surface area contributed by atoms with E-state index in [9.17, 15) is 4.79 Å². The molecule has 1 fully saturated rings. The van der Waals surface area contributed by atoms with Gasteiger partial charge in [-0.15, -0.1) is 0 Å². The van der Waals surface area contributed by atoms with Gasteiger partial charge in [-0.3, -0.25) is 19.7 Å². The Morgan fingerprint density at radius 1 is 1.24 bits per heavy atom. The van der Waals surface area contributed by atoms with Crippen LogP contribution in [0.5, 0.6) is 0 Å². The molecule has 136 valence electrons. The fourth-order valence-corrected chi connectivity index (χ4v) is 3.20. The quantitative estimate of drug-likeness (QED) is 0.816. The summed E-state index contributed by atoms with van der Waals surface area (Å²) in [5, 5.41) is 9.96. The van der Waals surface area contributed by atoms with E-state index in [2.05, 4.69) is 41.8 Å². The Kier molecular flexibility index (Phi) is 5.50. The number of H-pyrrole nitrogens is 1. The fraction of sp³-hybridized carbons (Fsp3) is 0.588. The number of aryl methyl sites for hydroxylation is 3. The molecular weight excluding hydrogens is 318 g/mol. The van der Waals surface area contributed by atoms with Crippen LogP contribution >= 0.6 is 0 Å². The number of carbonyl (C=O) groups is 1. The minimum absolute atomic E-state index is 0.0163. The molecule has 1 saturated heterocycles. The van der Waals surface area contributed by atoms with Crippen molar-refractivity contribution in [2.24, 2.45) is 0 Å². The molecule has 1 amide bonds. The molecule has 25 heavy (non-hydrogen) atoms. The van der Waals surface area contributed by atoms with E-state index in [1.165, 1.54) is 0 Å². The molecule has 2 aromatic heterocycles. The number of carbonyl (C=O) groups excluding carboxylic acids is 1. The van der Waals surface area contributed by atoms with Crippen molar-refractivity contribution in [2.45, 2.75) is 33.9 Å². The van der Waals surface area contributed by atoms with Gasteiger partial charge in [-0.25, -0.2) is 4.98 Å². The van der Waals surface area contributed by atoms with Crippen molar-refractivity contribution < 1.29 is 4.79 Å². The minimum Gasteiger partial charge on any atom is -0.334 e. The van der Waals surface area contributed by atoms with E-state index < -0.39 is 0 Å². The highest BCUT2D eigenvalue weighted by Crippen LogP contribution is 2.16. The highest BCUT2D eigenvalue weighted by atomic mass is 16.2. The Labute approximate surface area is 148 Å². The van der Waals surface area contributed by atoms with Crippen LogP contribution in [0, 0.1) is 13.8 Å². The van der Waals surface area contributed by atoms with Crippen LogP contribution in [0.2, 0.25) is 0 Å². The lowest BCUT2D eigenvalue weighted by molar-refractivity contribution is -0.117. The molecule has 0 atom stereocenters.